The van der Waals surface area contributed by atoms with Crippen LogP contribution in [0, 0.1) is 20.8 Å². The van der Waals surface area contributed by atoms with E-state index in [1.54, 1.807) is 31.2 Å². The predicted molar refractivity (Wildman–Crippen MR) is 107 cm³/mol. The summed E-state index contributed by atoms with van der Waals surface area (Å²) in [5.74, 6) is -0.856. The minimum atomic E-state index is -0.704. The van der Waals surface area contributed by atoms with Gasteiger partial charge in [0.05, 0.1) is 5.02 Å². The zero-order valence-corrected chi connectivity index (χ0v) is 16.5. The van der Waals surface area contributed by atoms with Crippen molar-refractivity contribution in [2.24, 2.45) is 0 Å². The fraction of sp³-hybridized carbons (Fsp3) is 0.190. The van der Waals surface area contributed by atoms with Crippen LogP contribution in [0.15, 0.2) is 47.0 Å². The number of esters is 1. The summed E-state index contributed by atoms with van der Waals surface area (Å²) in [6.45, 7) is 5.04. The molecule has 0 radical (unpaired) electrons. The Kier molecular flexibility index (Phi) is 5.80. The van der Waals surface area contributed by atoms with Crippen LogP contribution >= 0.6 is 11.6 Å². The molecule has 2 aromatic carbocycles. The van der Waals surface area contributed by atoms with Crippen LogP contribution in [-0.4, -0.2) is 23.6 Å². The van der Waals surface area contributed by atoms with E-state index in [-0.39, 0.29) is 17.0 Å². The van der Waals surface area contributed by atoms with Gasteiger partial charge in [-0.3, -0.25) is 4.79 Å². The van der Waals surface area contributed by atoms with Crippen LogP contribution in [0.25, 0.3) is 11.3 Å². The van der Waals surface area contributed by atoms with Gasteiger partial charge >= 0.3 is 5.97 Å². The van der Waals surface area contributed by atoms with E-state index < -0.39 is 18.5 Å². The van der Waals surface area contributed by atoms with Gasteiger partial charge in [0.25, 0.3) is 5.91 Å². The Morgan fingerprint density at radius 2 is 1.79 bits per heavy atom. The molecule has 7 heteroatoms. The van der Waals surface area contributed by atoms with Crippen molar-refractivity contribution in [1.82, 2.24) is 5.16 Å². The van der Waals surface area contributed by atoms with E-state index in [0.29, 0.717) is 16.3 Å². The molecule has 0 aliphatic rings. The number of ether oxygens (including phenoxy) is 1. The molecule has 1 aromatic heterocycles. The van der Waals surface area contributed by atoms with Crippen molar-refractivity contribution in [3.05, 3.63) is 69.9 Å². The fourth-order valence-electron chi connectivity index (χ4n) is 2.90. The number of carbonyl (C=O) groups is 2. The number of hydrogen-bond donors (Lipinski definition) is 1. The third-order valence-electron chi connectivity index (χ3n) is 4.04. The number of nitrogens with zero attached hydrogens (tertiary/aromatic N) is 1. The quantitative estimate of drug-likeness (QED) is 0.629. The molecule has 0 fully saturated rings. The number of carbonyl (C=O) groups excluding carboxylic acids is 2. The highest BCUT2D eigenvalue weighted by Gasteiger charge is 2.24. The Morgan fingerprint density at radius 1 is 1.11 bits per heavy atom. The number of amides is 1. The summed E-state index contributed by atoms with van der Waals surface area (Å²) < 4.78 is 10.3. The minimum absolute atomic E-state index is 0.146. The smallest absolute Gasteiger partial charge is 0.344 e. The summed E-state index contributed by atoms with van der Waals surface area (Å²) in [6.07, 6.45) is 0. The number of nitrogens with one attached hydrogen (secondary N) is 1. The minimum Gasteiger partial charge on any atom is -0.452 e. The Morgan fingerprint density at radius 3 is 2.46 bits per heavy atom. The van der Waals surface area contributed by atoms with Gasteiger partial charge in [0.2, 0.25) is 0 Å². The molecule has 0 atom stereocenters. The first kappa shape index (κ1) is 19.6. The number of hydrogen-bond acceptors (Lipinski definition) is 5. The van der Waals surface area contributed by atoms with E-state index in [1.165, 1.54) is 0 Å². The zero-order valence-electron chi connectivity index (χ0n) is 15.7. The molecule has 3 aromatic rings. The highest BCUT2D eigenvalue weighted by Crippen LogP contribution is 2.31. The molecule has 28 heavy (non-hydrogen) atoms. The zero-order chi connectivity index (χ0) is 20.3. The van der Waals surface area contributed by atoms with E-state index >= 15 is 0 Å². The monoisotopic (exact) mass is 398 g/mol. The molecule has 144 valence electrons. The number of halogens is 1. The lowest BCUT2D eigenvalue weighted by Gasteiger charge is -2.09. The highest BCUT2D eigenvalue weighted by atomic mass is 35.5. The van der Waals surface area contributed by atoms with E-state index in [0.717, 1.165) is 11.1 Å². The summed E-state index contributed by atoms with van der Waals surface area (Å²) >= 11 is 6.19. The van der Waals surface area contributed by atoms with Gasteiger partial charge in [0.1, 0.15) is 17.0 Å². The lowest BCUT2D eigenvalue weighted by molar-refractivity contribution is -0.119. The second-order valence-corrected chi connectivity index (χ2v) is 6.85. The van der Waals surface area contributed by atoms with Gasteiger partial charge in [-0.05, 0) is 50.1 Å². The summed E-state index contributed by atoms with van der Waals surface area (Å²) in [6, 6.07) is 12.6. The van der Waals surface area contributed by atoms with Gasteiger partial charge in [-0.15, -0.1) is 0 Å². The second kappa shape index (κ2) is 8.27. The van der Waals surface area contributed by atoms with Crippen molar-refractivity contribution in [1.29, 1.82) is 0 Å². The Hall–Kier alpha value is -3.12. The Labute approximate surface area is 167 Å². The number of anilines is 1. The lowest BCUT2D eigenvalue weighted by atomic mass is 10.1. The Bertz CT molecular complexity index is 1020. The molecule has 3 rings (SSSR count). The summed E-state index contributed by atoms with van der Waals surface area (Å²) in [7, 11) is 0. The van der Waals surface area contributed by atoms with Crippen LogP contribution in [-0.2, 0) is 9.53 Å². The molecule has 0 unspecified atom stereocenters. The SMILES string of the molecule is Cc1cc(C)cc(NC(=O)COC(=O)c2c(-c3ccccc3Cl)noc2C)c1. The van der Waals surface area contributed by atoms with E-state index in [9.17, 15) is 9.59 Å². The van der Waals surface area contributed by atoms with Gasteiger partial charge in [0, 0.05) is 11.3 Å². The van der Waals surface area contributed by atoms with Crippen molar-refractivity contribution in [3.8, 4) is 11.3 Å². The molecule has 0 saturated heterocycles. The van der Waals surface area contributed by atoms with Gasteiger partial charge in [0.15, 0.2) is 6.61 Å². The molecular formula is C21H19ClN2O4. The molecular weight excluding hydrogens is 380 g/mol. The van der Waals surface area contributed by atoms with Crippen molar-refractivity contribution in [3.63, 3.8) is 0 Å². The topological polar surface area (TPSA) is 81.4 Å². The first-order valence-electron chi connectivity index (χ1n) is 8.61. The van der Waals surface area contributed by atoms with Gasteiger partial charge < -0.3 is 14.6 Å². The molecule has 0 saturated carbocycles. The molecule has 1 heterocycles. The molecule has 1 N–H and O–H groups in total. The van der Waals surface area contributed by atoms with Gasteiger partial charge in [-0.25, -0.2) is 4.79 Å². The molecule has 0 aliphatic carbocycles. The first-order valence-corrected chi connectivity index (χ1v) is 8.99. The number of rotatable bonds is 5. The molecule has 0 spiro atoms. The third-order valence-corrected chi connectivity index (χ3v) is 4.37. The maximum atomic E-state index is 12.6. The van der Waals surface area contributed by atoms with Crippen LogP contribution in [0.3, 0.4) is 0 Å². The van der Waals surface area contributed by atoms with Crippen LogP contribution in [0.4, 0.5) is 5.69 Å². The van der Waals surface area contributed by atoms with E-state index in [4.69, 9.17) is 20.9 Å². The number of aromatic nitrogens is 1. The second-order valence-electron chi connectivity index (χ2n) is 6.44. The van der Waals surface area contributed by atoms with E-state index in [2.05, 4.69) is 10.5 Å². The predicted octanol–water partition coefficient (Wildman–Crippen LogP) is 4.72. The maximum Gasteiger partial charge on any atom is 0.344 e. The van der Waals surface area contributed by atoms with Gasteiger partial charge in [-0.1, -0.05) is 41.0 Å². The summed E-state index contributed by atoms with van der Waals surface area (Å²) in [5.41, 5.74) is 3.67. The summed E-state index contributed by atoms with van der Waals surface area (Å²) in [5, 5.41) is 7.07. The molecule has 0 aliphatic heterocycles. The van der Waals surface area contributed by atoms with Crippen LogP contribution in [0.1, 0.15) is 27.2 Å². The first-order chi connectivity index (χ1) is 13.3. The largest absolute Gasteiger partial charge is 0.452 e. The van der Waals surface area contributed by atoms with Crippen LogP contribution < -0.4 is 5.32 Å². The van der Waals surface area contributed by atoms with Crippen molar-refractivity contribution >= 4 is 29.2 Å². The lowest BCUT2D eigenvalue weighted by Crippen LogP contribution is -2.21. The number of aryl methyl sites for hydroxylation is 3. The highest BCUT2D eigenvalue weighted by molar-refractivity contribution is 6.33. The molecule has 6 nitrogen and oxygen atoms in total. The maximum absolute atomic E-state index is 12.6. The van der Waals surface area contributed by atoms with Crippen LogP contribution in [0.2, 0.25) is 5.02 Å². The van der Waals surface area contributed by atoms with Gasteiger partial charge in [-0.2, -0.15) is 0 Å². The van der Waals surface area contributed by atoms with Crippen molar-refractivity contribution < 1.29 is 18.8 Å². The van der Waals surface area contributed by atoms with Crippen LogP contribution in [0.5, 0.6) is 0 Å². The summed E-state index contributed by atoms with van der Waals surface area (Å²) in [4.78, 5) is 24.7. The molecule has 0 bridgehead atoms. The number of benzene rings is 2. The normalized spacial score (nSPS) is 10.6. The Balaban J connectivity index is 1.71. The average molecular weight is 399 g/mol. The van der Waals surface area contributed by atoms with Crippen molar-refractivity contribution in [2.45, 2.75) is 20.8 Å². The average Bonchev–Trinajstić information content (AvgIpc) is 3.00. The third kappa shape index (κ3) is 4.40. The fourth-order valence-corrected chi connectivity index (χ4v) is 3.12. The standard InChI is InChI=1S/C21H19ClN2O4/c1-12-8-13(2)10-15(9-12)23-18(25)11-27-21(26)19-14(3)28-24-20(19)16-6-4-5-7-17(16)22/h4-10H,11H2,1-3H3,(H,23,25). The van der Waals surface area contributed by atoms with E-state index in [1.807, 2.05) is 32.0 Å². The van der Waals surface area contributed by atoms with Crippen molar-refractivity contribution in [2.75, 3.05) is 11.9 Å². The molecule has 1 amide bonds.